The van der Waals surface area contributed by atoms with Crippen LogP contribution in [0.5, 0.6) is 5.75 Å². The second-order valence-electron chi connectivity index (χ2n) is 8.39. The van der Waals surface area contributed by atoms with E-state index in [1.54, 1.807) is 26.3 Å². The number of fused-ring (bicyclic) bond motifs is 2. The summed E-state index contributed by atoms with van der Waals surface area (Å²) in [5, 5.41) is 4.71. The summed E-state index contributed by atoms with van der Waals surface area (Å²) in [6.07, 6.45) is 1.66. The van der Waals surface area contributed by atoms with Crippen LogP contribution >= 0.6 is 0 Å². The van der Waals surface area contributed by atoms with E-state index in [9.17, 15) is 14.4 Å². The predicted molar refractivity (Wildman–Crippen MR) is 123 cm³/mol. The normalized spacial score (nSPS) is 18.2. The summed E-state index contributed by atoms with van der Waals surface area (Å²) in [7, 11) is 1.61. The van der Waals surface area contributed by atoms with E-state index in [0.717, 1.165) is 27.0 Å². The van der Waals surface area contributed by atoms with Crippen LogP contribution in [-0.4, -0.2) is 33.3 Å². The Balaban J connectivity index is 1.48. The van der Waals surface area contributed by atoms with E-state index < -0.39 is 17.5 Å². The number of urea groups is 1. The van der Waals surface area contributed by atoms with Crippen LogP contribution < -0.4 is 15.6 Å². The number of nitrogens with one attached hydrogen (secondary N) is 1. The number of nitrogens with zero attached hydrogens (tertiary/aromatic N) is 3. The lowest BCUT2D eigenvalue weighted by atomic mass is 9.90. The third-order valence-corrected chi connectivity index (χ3v) is 6.10. The lowest BCUT2D eigenvalue weighted by Crippen LogP contribution is -2.40. The van der Waals surface area contributed by atoms with E-state index in [0.29, 0.717) is 16.9 Å². The van der Waals surface area contributed by atoms with Crippen molar-refractivity contribution in [1.82, 2.24) is 19.6 Å². The molecule has 4 aromatic rings. The van der Waals surface area contributed by atoms with Gasteiger partial charge in [0.25, 0.3) is 11.5 Å². The van der Waals surface area contributed by atoms with Gasteiger partial charge in [0.2, 0.25) is 0 Å². The zero-order valence-electron chi connectivity index (χ0n) is 18.5. The van der Waals surface area contributed by atoms with Crippen molar-refractivity contribution >= 4 is 28.4 Å². The van der Waals surface area contributed by atoms with Gasteiger partial charge in [-0.15, -0.1) is 0 Å². The molecule has 1 aliphatic heterocycles. The van der Waals surface area contributed by atoms with Gasteiger partial charge in [-0.05, 0) is 66.1 Å². The number of aromatic nitrogens is 2. The number of pyridine rings is 1. The number of ether oxygens (including phenoxy) is 1. The van der Waals surface area contributed by atoms with Gasteiger partial charge in [-0.3, -0.25) is 18.9 Å². The number of carbonyl (C=O) groups is 2. The number of carbonyl (C=O) groups excluding carboxylic acids is 2. The first-order chi connectivity index (χ1) is 15.8. The molecule has 3 amide bonds. The summed E-state index contributed by atoms with van der Waals surface area (Å²) in [6, 6.07) is 15.7. The van der Waals surface area contributed by atoms with Crippen molar-refractivity contribution < 1.29 is 14.3 Å². The van der Waals surface area contributed by atoms with Crippen LogP contribution in [0.15, 0.2) is 65.6 Å². The number of benzene rings is 2. The molecule has 1 aliphatic rings. The summed E-state index contributed by atoms with van der Waals surface area (Å²) in [4.78, 5) is 44.3. The zero-order valence-corrected chi connectivity index (χ0v) is 18.5. The van der Waals surface area contributed by atoms with Gasteiger partial charge in [-0.25, -0.2) is 9.78 Å². The van der Waals surface area contributed by atoms with E-state index >= 15 is 0 Å². The molecule has 1 saturated heterocycles. The van der Waals surface area contributed by atoms with Gasteiger partial charge in [0, 0.05) is 12.3 Å². The fraction of sp³-hybridized carbons (Fsp3) is 0.200. The van der Waals surface area contributed by atoms with Crippen molar-refractivity contribution in [2.75, 3.05) is 7.11 Å². The summed E-state index contributed by atoms with van der Waals surface area (Å²) in [5.74, 6) is 0.346. The molecule has 0 bridgehead atoms. The van der Waals surface area contributed by atoms with Crippen LogP contribution in [0.1, 0.15) is 23.7 Å². The molecule has 1 atom stereocenters. The van der Waals surface area contributed by atoms with Crippen LogP contribution in [0.4, 0.5) is 4.79 Å². The van der Waals surface area contributed by atoms with Crippen LogP contribution in [0.3, 0.4) is 0 Å². The topological polar surface area (TPSA) is 93.0 Å². The van der Waals surface area contributed by atoms with E-state index in [1.807, 2.05) is 49.4 Å². The largest absolute Gasteiger partial charge is 0.497 e. The Labute approximate surface area is 189 Å². The molecule has 33 heavy (non-hydrogen) atoms. The van der Waals surface area contributed by atoms with Crippen molar-refractivity contribution in [2.45, 2.75) is 25.9 Å². The Bertz CT molecular complexity index is 1510. The number of aryl methyl sites for hydroxylation is 1. The molecule has 0 spiro atoms. The minimum absolute atomic E-state index is 0.0925. The number of rotatable bonds is 4. The average molecular weight is 442 g/mol. The van der Waals surface area contributed by atoms with Crippen molar-refractivity contribution in [3.8, 4) is 5.75 Å². The highest BCUT2D eigenvalue weighted by Gasteiger charge is 2.49. The van der Waals surface area contributed by atoms with Crippen molar-refractivity contribution in [3.05, 3.63) is 88.0 Å². The standard InChI is InChI=1S/C25H22N4O4/c1-15-8-9-28-21(10-15)26-19(13-22(28)30)14-29-23(31)25(2,27-24(29)32)18-6-4-17-12-20(33-3)7-5-16(17)11-18/h4-13H,14H2,1-3H3,(H,27,32)/t25-/m0/s1. The summed E-state index contributed by atoms with van der Waals surface area (Å²) in [5.41, 5.74) is 0.947. The van der Waals surface area contributed by atoms with Gasteiger partial charge in [-0.2, -0.15) is 0 Å². The zero-order chi connectivity index (χ0) is 23.3. The number of hydrogen-bond acceptors (Lipinski definition) is 5. The van der Waals surface area contributed by atoms with Gasteiger partial charge in [-0.1, -0.05) is 18.2 Å². The fourth-order valence-electron chi connectivity index (χ4n) is 4.19. The highest BCUT2D eigenvalue weighted by Crippen LogP contribution is 2.32. The van der Waals surface area contributed by atoms with E-state index in [4.69, 9.17) is 4.74 Å². The van der Waals surface area contributed by atoms with E-state index in [1.165, 1.54) is 10.5 Å². The predicted octanol–water partition coefficient (Wildman–Crippen LogP) is 3.13. The second-order valence-corrected chi connectivity index (χ2v) is 8.39. The average Bonchev–Trinajstić information content (AvgIpc) is 3.01. The van der Waals surface area contributed by atoms with Crippen LogP contribution in [0.2, 0.25) is 0 Å². The minimum atomic E-state index is -1.23. The maximum absolute atomic E-state index is 13.4. The molecule has 0 radical (unpaired) electrons. The van der Waals surface area contributed by atoms with Crippen molar-refractivity contribution in [3.63, 3.8) is 0 Å². The van der Waals surface area contributed by atoms with Gasteiger partial charge >= 0.3 is 6.03 Å². The lowest BCUT2D eigenvalue weighted by Gasteiger charge is -2.23. The molecular weight excluding hydrogens is 420 g/mol. The number of methoxy groups -OCH3 is 1. The summed E-state index contributed by atoms with van der Waals surface area (Å²) < 4.78 is 6.70. The molecule has 5 rings (SSSR count). The van der Waals surface area contributed by atoms with Gasteiger partial charge < -0.3 is 10.1 Å². The highest BCUT2D eigenvalue weighted by atomic mass is 16.5. The van der Waals surface area contributed by atoms with Crippen LogP contribution in [0, 0.1) is 6.92 Å². The quantitative estimate of drug-likeness (QED) is 0.490. The molecular formula is C25H22N4O4. The Morgan fingerprint density at radius 3 is 2.55 bits per heavy atom. The molecule has 1 fully saturated rings. The maximum atomic E-state index is 13.4. The third-order valence-electron chi connectivity index (χ3n) is 6.10. The van der Waals surface area contributed by atoms with Gasteiger partial charge in [0.1, 0.15) is 16.9 Å². The molecule has 1 N–H and O–H groups in total. The van der Waals surface area contributed by atoms with Gasteiger partial charge in [0.15, 0.2) is 0 Å². The molecule has 0 aliphatic carbocycles. The van der Waals surface area contributed by atoms with Crippen molar-refractivity contribution in [2.24, 2.45) is 0 Å². The number of amides is 3. The Morgan fingerprint density at radius 2 is 1.76 bits per heavy atom. The molecule has 0 unspecified atom stereocenters. The molecule has 8 nitrogen and oxygen atoms in total. The van der Waals surface area contributed by atoms with E-state index in [2.05, 4.69) is 10.3 Å². The highest BCUT2D eigenvalue weighted by molar-refractivity contribution is 6.07. The Kier molecular flexibility index (Phi) is 4.67. The third kappa shape index (κ3) is 3.40. The maximum Gasteiger partial charge on any atom is 0.325 e. The first kappa shape index (κ1) is 20.7. The van der Waals surface area contributed by atoms with Crippen LogP contribution in [0.25, 0.3) is 16.4 Å². The molecule has 8 heteroatoms. The second kappa shape index (κ2) is 7.44. The first-order valence-corrected chi connectivity index (χ1v) is 10.5. The molecule has 166 valence electrons. The fourth-order valence-corrected chi connectivity index (χ4v) is 4.19. The van der Waals surface area contributed by atoms with Gasteiger partial charge in [0.05, 0.1) is 19.3 Å². The smallest absolute Gasteiger partial charge is 0.325 e. The molecule has 2 aromatic carbocycles. The number of hydrogen-bond donors (Lipinski definition) is 1. The first-order valence-electron chi connectivity index (χ1n) is 10.5. The van der Waals surface area contributed by atoms with Crippen molar-refractivity contribution in [1.29, 1.82) is 0 Å². The SMILES string of the molecule is COc1ccc2cc([C@]3(C)NC(=O)N(Cc4cc(=O)n5ccc(C)cc5n4)C3=O)ccc2c1. The summed E-state index contributed by atoms with van der Waals surface area (Å²) >= 11 is 0. The Morgan fingerprint density at radius 1 is 1.00 bits per heavy atom. The monoisotopic (exact) mass is 442 g/mol. The lowest BCUT2D eigenvalue weighted by molar-refractivity contribution is -0.131. The summed E-state index contributed by atoms with van der Waals surface area (Å²) in [6.45, 7) is 3.50. The molecule has 3 heterocycles. The van der Waals surface area contributed by atoms with E-state index in [-0.39, 0.29) is 12.1 Å². The molecule has 2 aromatic heterocycles. The number of imide groups is 1. The minimum Gasteiger partial charge on any atom is -0.497 e. The molecule has 0 saturated carbocycles. The van der Waals surface area contributed by atoms with Crippen LogP contribution in [-0.2, 0) is 16.9 Å². The Hall–Kier alpha value is -4.20.